The van der Waals surface area contributed by atoms with Crippen molar-refractivity contribution in [2.24, 2.45) is 4.99 Å². The normalized spacial score (nSPS) is 11.4. The van der Waals surface area contributed by atoms with Crippen molar-refractivity contribution in [2.75, 3.05) is 5.32 Å². The zero-order chi connectivity index (χ0) is 13.7. The number of aryl methyl sites for hydroxylation is 1. The van der Waals surface area contributed by atoms with Gasteiger partial charge in [0, 0.05) is 6.54 Å². The van der Waals surface area contributed by atoms with Crippen LogP contribution in [0.5, 0.6) is 0 Å². The quantitative estimate of drug-likeness (QED) is 0.787. The summed E-state index contributed by atoms with van der Waals surface area (Å²) >= 11 is 5.84. The summed E-state index contributed by atoms with van der Waals surface area (Å²) in [6.07, 6.45) is 0. The van der Waals surface area contributed by atoms with Gasteiger partial charge < -0.3 is 5.32 Å². The monoisotopic (exact) mass is 272 g/mol. The number of hydrogen-bond donors (Lipinski definition) is 1. The van der Waals surface area contributed by atoms with Crippen molar-refractivity contribution in [1.82, 2.24) is 0 Å². The smallest absolute Gasteiger partial charge is 0.103 e. The second-order valence-corrected chi connectivity index (χ2v) is 5.01. The van der Waals surface area contributed by atoms with Crippen LogP contribution in [0.3, 0.4) is 0 Å². The number of halogens is 1. The van der Waals surface area contributed by atoms with E-state index in [0.29, 0.717) is 5.17 Å². The summed E-state index contributed by atoms with van der Waals surface area (Å²) in [6, 6.07) is 16.4. The van der Waals surface area contributed by atoms with Crippen LogP contribution in [0.15, 0.2) is 53.5 Å². The van der Waals surface area contributed by atoms with Gasteiger partial charge in [-0.15, -0.1) is 0 Å². The second-order valence-electron chi connectivity index (χ2n) is 4.47. The number of rotatable bonds is 4. The molecule has 3 heteroatoms. The van der Waals surface area contributed by atoms with Crippen molar-refractivity contribution in [1.29, 1.82) is 0 Å². The predicted molar refractivity (Wildman–Crippen MR) is 83.6 cm³/mol. The van der Waals surface area contributed by atoms with E-state index >= 15 is 0 Å². The van der Waals surface area contributed by atoms with Crippen molar-refractivity contribution < 1.29 is 0 Å². The van der Waals surface area contributed by atoms with Crippen molar-refractivity contribution in [2.45, 2.75) is 20.4 Å². The molecule has 0 atom stereocenters. The first-order valence-corrected chi connectivity index (χ1v) is 6.62. The minimum atomic E-state index is 0.532. The summed E-state index contributed by atoms with van der Waals surface area (Å²) in [4.78, 5) is 4.31. The molecule has 0 unspecified atom stereocenters. The maximum atomic E-state index is 5.84. The second kappa shape index (κ2) is 6.39. The van der Waals surface area contributed by atoms with Gasteiger partial charge in [0.15, 0.2) is 0 Å². The Bertz CT molecular complexity index is 570. The van der Waals surface area contributed by atoms with Crippen LogP contribution in [-0.2, 0) is 6.54 Å². The van der Waals surface area contributed by atoms with Gasteiger partial charge in [-0.1, -0.05) is 53.6 Å². The van der Waals surface area contributed by atoms with E-state index < -0.39 is 0 Å². The van der Waals surface area contributed by atoms with Gasteiger partial charge in [0.25, 0.3) is 0 Å². The summed E-state index contributed by atoms with van der Waals surface area (Å²) in [5, 5.41) is 3.92. The average Bonchev–Trinajstić information content (AvgIpc) is 2.39. The number of para-hydroxylation sites is 2. The van der Waals surface area contributed by atoms with Crippen LogP contribution >= 0.6 is 11.6 Å². The molecule has 2 aromatic rings. The Morgan fingerprint density at radius 3 is 2.47 bits per heavy atom. The Hall–Kier alpha value is -1.80. The van der Waals surface area contributed by atoms with E-state index in [1.165, 1.54) is 11.1 Å². The Labute approximate surface area is 119 Å². The van der Waals surface area contributed by atoms with Gasteiger partial charge in [-0.25, -0.2) is 4.99 Å². The molecule has 1 N–H and O–H groups in total. The first-order chi connectivity index (χ1) is 9.15. The lowest BCUT2D eigenvalue weighted by Crippen LogP contribution is -1.99. The lowest BCUT2D eigenvalue weighted by Gasteiger charge is -2.09. The molecule has 0 bridgehead atoms. The molecule has 0 spiro atoms. The molecule has 0 heterocycles. The van der Waals surface area contributed by atoms with Crippen LogP contribution < -0.4 is 5.32 Å². The van der Waals surface area contributed by atoms with E-state index in [1.807, 2.05) is 24.3 Å². The first-order valence-electron chi connectivity index (χ1n) is 6.24. The molecule has 0 saturated carbocycles. The van der Waals surface area contributed by atoms with Gasteiger partial charge in [-0.2, -0.15) is 0 Å². The number of benzene rings is 2. The van der Waals surface area contributed by atoms with Gasteiger partial charge in [0.1, 0.15) is 5.17 Å². The molecule has 98 valence electrons. The highest BCUT2D eigenvalue weighted by Crippen LogP contribution is 2.25. The Balaban J connectivity index is 2.11. The lowest BCUT2D eigenvalue weighted by molar-refractivity contribution is 1.14. The van der Waals surface area contributed by atoms with Crippen LogP contribution in [0, 0.1) is 6.92 Å². The molecule has 0 aromatic heterocycles. The van der Waals surface area contributed by atoms with Crippen molar-refractivity contribution in [3.8, 4) is 0 Å². The highest BCUT2D eigenvalue weighted by atomic mass is 35.5. The molecule has 0 amide bonds. The minimum absolute atomic E-state index is 0.532. The van der Waals surface area contributed by atoms with Crippen molar-refractivity contribution in [3.63, 3.8) is 0 Å². The highest BCUT2D eigenvalue weighted by Gasteiger charge is 2.00. The average molecular weight is 273 g/mol. The third-order valence-corrected chi connectivity index (χ3v) is 2.87. The molecule has 0 fully saturated rings. The predicted octanol–water partition coefficient (Wildman–Crippen LogP) is 4.90. The van der Waals surface area contributed by atoms with Gasteiger partial charge in [0.2, 0.25) is 0 Å². The fourth-order valence-electron chi connectivity index (χ4n) is 1.79. The molecular formula is C16H17ClN2. The van der Waals surface area contributed by atoms with Crippen LogP contribution in [0.2, 0.25) is 0 Å². The zero-order valence-electron chi connectivity index (χ0n) is 11.2. The lowest BCUT2D eigenvalue weighted by atomic mass is 10.1. The van der Waals surface area contributed by atoms with E-state index in [2.05, 4.69) is 41.5 Å². The summed E-state index contributed by atoms with van der Waals surface area (Å²) < 4.78 is 0. The van der Waals surface area contributed by atoms with Gasteiger partial charge in [-0.3, -0.25) is 0 Å². The number of anilines is 1. The molecule has 0 aliphatic carbocycles. The van der Waals surface area contributed by atoms with E-state index in [9.17, 15) is 0 Å². The number of hydrogen-bond acceptors (Lipinski definition) is 2. The third-order valence-electron chi connectivity index (χ3n) is 2.78. The molecule has 0 aliphatic heterocycles. The van der Waals surface area contributed by atoms with Crippen LogP contribution in [0.25, 0.3) is 0 Å². The fourth-order valence-corrected chi connectivity index (χ4v) is 1.88. The van der Waals surface area contributed by atoms with Crippen molar-refractivity contribution >= 4 is 28.1 Å². The van der Waals surface area contributed by atoms with E-state index in [4.69, 9.17) is 11.6 Å². The van der Waals surface area contributed by atoms with Crippen molar-refractivity contribution in [3.05, 3.63) is 59.7 Å². The molecule has 19 heavy (non-hydrogen) atoms. The Morgan fingerprint density at radius 1 is 1.11 bits per heavy atom. The summed E-state index contributed by atoms with van der Waals surface area (Å²) in [6.45, 7) is 4.64. The summed E-state index contributed by atoms with van der Waals surface area (Å²) in [5.41, 5.74) is 4.36. The fraction of sp³-hybridized carbons (Fsp3) is 0.188. The Kier molecular flexibility index (Phi) is 4.58. The maximum absolute atomic E-state index is 5.84. The minimum Gasteiger partial charge on any atom is -0.379 e. The maximum Gasteiger partial charge on any atom is 0.103 e. The summed E-state index contributed by atoms with van der Waals surface area (Å²) in [5.74, 6) is 0. The van der Waals surface area contributed by atoms with E-state index in [0.717, 1.165) is 17.9 Å². The number of nitrogens with one attached hydrogen (secondary N) is 1. The molecular weight excluding hydrogens is 256 g/mol. The van der Waals surface area contributed by atoms with Gasteiger partial charge in [-0.05, 0) is 31.5 Å². The first kappa shape index (κ1) is 13.6. The van der Waals surface area contributed by atoms with E-state index in [-0.39, 0.29) is 0 Å². The standard InChI is InChI=1S/C16H17ClN2/c1-12-7-9-14(10-8-12)11-18-15-5-3-4-6-16(15)19-13(2)17/h3-10,18H,11H2,1-2H3. The highest BCUT2D eigenvalue weighted by molar-refractivity contribution is 6.65. The number of nitrogens with zero attached hydrogens (tertiary/aromatic N) is 1. The van der Waals surface area contributed by atoms with Gasteiger partial charge in [0.05, 0.1) is 11.4 Å². The zero-order valence-corrected chi connectivity index (χ0v) is 11.9. The molecule has 0 radical (unpaired) electrons. The SMILES string of the molecule is CC(Cl)=Nc1ccccc1NCc1ccc(C)cc1. The van der Waals surface area contributed by atoms with Crippen LogP contribution in [-0.4, -0.2) is 5.17 Å². The van der Waals surface area contributed by atoms with Crippen LogP contribution in [0.4, 0.5) is 11.4 Å². The third kappa shape index (κ3) is 4.11. The van der Waals surface area contributed by atoms with Gasteiger partial charge >= 0.3 is 0 Å². The molecule has 2 aromatic carbocycles. The largest absolute Gasteiger partial charge is 0.379 e. The molecule has 0 aliphatic rings. The molecule has 0 saturated heterocycles. The topological polar surface area (TPSA) is 24.4 Å². The van der Waals surface area contributed by atoms with E-state index in [1.54, 1.807) is 6.92 Å². The Morgan fingerprint density at radius 2 is 1.79 bits per heavy atom. The van der Waals surface area contributed by atoms with Crippen LogP contribution in [0.1, 0.15) is 18.1 Å². The summed E-state index contributed by atoms with van der Waals surface area (Å²) in [7, 11) is 0. The molecule has 2 rings (SSSR count). The molecule has 2 nitrogen and oxygen atoms in total. The number of aliphatic imine (C=N–C) groups is 1.